The van der Waals surface area contributed by atoms with E-state index in [1.807, 2.05) is 24.3 Å². The van der Waals surface area contributed by atoms with Gasteiger partial charge in [0.2, 0.25) is 0 Å². The van der Waals surface area contributed by atoms with Crippen LogP contribution in [0.25, 0.3) is 0 Å². The minimum absolute atomic E-state index is 0.348. The van der Waals surface area contributed by atoms with Crippen molar-refractivity contribution in [2.75, 3.05) is 19.1 Å². The van der Waals surface area contributed by atoms with E-state index in [1.54, 1.807) is 11.8 Å². The van der Waals surface area contributed by atoms with E-state index in [1.165, 1.54) is 10.6 Å². The molecule has 2 heterocycles. The third-order valence-corrected chi connectivity index (χ3v) is 5.52. The molecule has 140 valence electrons. The van der Waals surface area contributed by atoms with Crippen LogP contribution in [0.15, 0.2) is 69.5 Å². The maximum absolute atomic E-state index is 9.33. The lowest BCUT2D eigenvalue weighted by molar-refractivity contribution is 0.324. The first kappa shape index (κ1) is 19.3. The molecule has 0 amide bonds. The van der Waals surface area contributed by atoms with Crippen LogP contribution in [-0.4, -0.2) is 38.7 Å². The van der Waals surface area contributed by atoms with Gasteiger partial charge in [0.1, 0.15) is 0 Å². The zero-order valence-electron chi connectivity index (χ0n) is 14.6. The molecule has 0 saturated heterocycles. The SMILES string of the molecule is CN1C(=CC2=NC(=N)c3ccccc32)Sc2ccccc21.COS(=O)(=O)O. The molecule has 0 aliphatic carbocycles. The standard InChI is InChI=1S/C17H13N3S.CH4O4S/c1-20-14-8-4-5-9-15(14)21-16(20)10-13-11-6-2-3-7-12(11)17(18)19-13;1-5-6(2,3)4/h2-10,18H,1H3;1H3,(H,2,3,4). The van der Waals surface area contributed by atoms with Crippen molar-refractivity contribution in [1.29, 1.82) is 5.41 Å². The third kappa shape index (κ3) is 4.28. The highest BCUT2D eigenvalue weighted by atomic mass is 32.3. The van der Waals surface area contributed by atoms with Crippen molar-refractivity contribution in [3.63, 3.8) is 0 Å². The van der Waals surface area contributed by atoms with E-state index < -0.39 is 10.4 Å². The van der Waals surface area contributed by atoms with Crippen LogP contribution in [0.1, 0.15) is 11.1 Å². The van der Waals surface area contributed by atoms with Gasteiger partial charge in [0.15, 0.2) is 5.84 Å². The zero-order valence-corrected chi connectivity index (χ0v) is 16.2. The Morgan fingerprint density at radius 1 is 1.15 bits per heavy atom. The third-order valence-electron chi connectivity index (χ3n) is 3.93. The molecular formula is C18H17N3O4S2. The highest BCUT2D eigenvalue weighted by molar-refractivity contribution is 8.03. The van der Waals surface area contributed by atoms with Crippen molar-refractivity contribution in [3.8, 4) is 0 Å². The molecule has 0 aromatic heterocycles. The molecule has 0 radical (unpaired) electrons. The molecule has 2 aromatic carbocycles. The fraction of sp³-hybridized carbons (Fsp3) is 0.111. The number of thioether (sulfide) groups is 1. The Labute approximate surface area is 161 Å². The summed E-state index contributed by atoms with van der Waals surface area (Å²) in [7, 11) is -1.22. The van der Waals surface area contributed by atoms with Crippen LogP contribution in [0.3, 0.4) is 0 Å². The van der Waals surface area contributed by atoms with Crippen molar-refractivity contribution in [2.45, 2.75) is 4.90 Å². The molecule has 0 saturated carbocycles. The van der Waals surface area contributed by atoms with E-state index >= 15 is 0 Å². The van der Waals surface area contributed by atoms with Crippen LogP contribution < -0.4 is 4.90 Å². The second kappa shape index (κ2) is 7.65. The quantitative estimate of drug-likeness (QED) is 0.746. The van der Waals surface area contributed by atoms with Crippen LogP contribution in [0, 0.1) is 5.41 Å². The van der Waals surface area contributed by atoms with Crippen molar-refractivity contribution in [1.82, 2.24) is 0 Å². The van der Waals surface area contributed by atoms with Gasteiger partial charge in [-0.3, -0.25) is 14.1 Å². The molecule has 27 heavy (non-hydrogen) atoms. The molecular weight excluding hydrogens is 386 g/mol. The highest BCUT2D eigenvalue weighted by Gasteiger charge is 2.24. The number of aliphatic imine (C=N–C) groups is 1. The number of amidine groups is 1. The number of nitrogens with one attached hydrogen (secondary N) is 1. The largest absolute Gasteiger partial charge is 0.397 e. The van der Waals surface area contributed by atoms with Gasteiger partial charge in [-0.1, -0.05) is 48.2 Å². The van der Waals surface area contributed by atoms with Crippen molar-refractivity contribution >= 4 is 39.4 Å². The predicted octanol–water partition coefficient (Wildman–Crippen LogP) is 3.33. The van der Waals surface area contributed by atoms with Gasteiger partial charge in [0, 0.05) is 23.1 Å². The van der Waals surface area contributed by atoms with E-state index in [-0.39, 0.29) is 0 Å². The molecule has 0 atom stereocenters. The Hall–Kier alpha value is -2.46. The molecule has 2 aromatic rings. The van der Waals surface area contributed by atoms with Crippen LogP contribution in [0.5, 0.6) is 0 Å². The number of para-hydroxylation sites is 1. The summed E-state index contributed by atoms with van der Waals surface area (Å²) in [4.78, 5) is 7.83. The summed E-state index contributed by atoms with van der Waals surface area (Å²) >= 11 is 1.74. The molecule has 4 rings (SSSR count). The molecule has 0 bridgehead atoms. The summed E-state index contributed by atoms with van der Waals surface area (Å²) in [5.41, 5.74) is 4.04. The van der Waals surface area contributed by atoms with E-state index in [2.05, 4.69) is 51.5 Å². The number of hydrogen-bond acceptors (Lipinski definition) is 6. The van der Waals surface area contributed by atoms with E-state index in [0.29, 0.717) is 5.84 Å². The van der Waals surface area contributed by atoms with Crippen LogP contribution in [0.2, 0.25) is 0 Å². The summed E-state index contributed by atoms with van der Waals surface area (Å²) < 4.78 is 29.7. The van der Waals surface area contributed by atoms with Gasteiger partial charge in [-0.2, -0.15) is 8.42 Å². The maximum atomic E-state index is 9.33. The first-order valence-corrected chi connectivity index (χ1v) is 10.0. The van der Waals surface area contributed by atoms with Gasteiger partial charge in [-0.05, 0) is 18.2 Å². The molecule has 2 aliphatic heterocycles. The smallest absolute Gasteiger partial charge is 0.338 e. The van der Waals surface area contributed by atoms with E-state index in [9.17, 15) is 8.42 Å². The number of benzene rings is 2. The molecule has 0 spiro atoms. The fourth-order valence-electron chi connectivity index (χ4n) is 2.63. The Morgan fingerprint density at radius 2 is 1.74 bits per heavy atom. The minimum atomic E-state index is -4.16. The van der Waals surface area contributed by atoms with Gasteiger partial charge in [0.05, 0.1) is 23.5 Å². The first-order chi connectivity index (χ1) is 12.8. The molecule has 9 heteroatoms. The fourth-order valence-corrected chi connectivity index (χ4v) is 3.71. The van der Waals surface area contributed by atoms with Gasteiger partial charge in [-0.15, -0.1) is 0 Å². The topological polar surface area (TPSA) is 103 Å². The second-order valence-corrected chi connectivity index (χ2v) is 7.85. The Bertz CT molecular complexity index is 1060. The lowest BCUT2D eigenvalue weighted by Crippen LogP contribution is -2.11. The van der Waals surface area contributed by atoms with Gasteiger partial charge < -0.3 is 4.90 Å². The summed E-state index contributed by atoms with van der Waals surface area (Å²) in [6.45, 7) is 0. The first-order valence-electron chi connectivity index (χ1n) is 7.82. The highest BCUT2D eigenvalue weighted by Crippen LogP contribution is 2.44. The van der Waals surface area contributed by atoms with E-state index in [4.69, 9.17) is 9.96 Å². The zero-order chi connectivity index (χ0) is 19.6. The molecule has 0 unspecified atom stereocenters. The minimum Gasteiger partial charge on any atom is -0.338 e. The van der Waals surface area contributed by atoms with Crippen molar-refractivity contribution in [3.05, 3.63) is 70.8 Å². The summed E-state index contributed by atoms with van der Waals surface area (Å²) in [5.74, 6) is 0.348. The summed E-state index contributed by atoms with van der Waals surface area (Å²) in [6.07, 6.45) is 2.07. The Balaban J connectivity index is 0.000000307. The Kier molecular flexibility index (Phi) is 5.47. The van der Waals surface area contributed by atoms with Crippen LogP contribution in [0.4, 0.5) is 5.69 Å². The predicted molar refractivity (Wildman–Crippen MR) is 107 cm³/mol. The molecule has 7 nitrogen and oxygen atoms in total. The molecule has 0 fully saturated rings. The van der Waals surface area contributed by atoms with Crippen LogP contribution >= 0.6 is 11.8 Å². The normalized spacial score (nSPS) is 16.6. The van der Waals surface area contributed by atoms with Crippen LogP contribution in [-0.2, 0) is 14.6 Å². The molecule has 2 N–H and O–H groups in total. The lowest BCUT2D eigenvalue weighted by atomic mass is 10.1. The number of rotatable bonds is 2. The summed E-state index contributed by atoms with van der Waals surface area (Å²) in [6, 6.07) is 16.3. The number of anilines is 1. The second-order valence-electron chi connectivity index (χ2n) is 5.60. The number of allylic oxidation sites excluding steroid dienone is 1. The van der Waals surface area contributed by atoms with Gasteiger partial charge in [0.25, 0.3) is 0 Å². The number of hydrogen-bond donors (Lipinski definition) is 2. The Morgan fingerprint density at radius 3 is 2.37 bits per heavy atom. The summed E-state index contributed by atoms with van der Waals surface area (Å²) in [5, 5.41) is 9.12. The number of fused-ring (bicyclic) bond motifs is 2. The monoisotopic (exact) mass is 403 g/mol. The average Bonchev–Trinajstić information content (AvgIpc) is 3.14. The van der Waals surface area contributed by atoms with Gasteiger partial charge >= 0.3 is 10.4 Å². The lowest BCUT2D eigenvalue weighted by Gasteiger charge is -2.13. The van der Waals surface area contributed by atoms with E-state index in [0.717, 1.165) is 29.0 Å². The number of nitrogens with zero attached hydrogens (tertiary/aromatic N) is 2. The average molecular weight is 403 g/mol. The van der Waals surface area contributed by atoms with Crippen molar-refractivity contribution in [2.24, 2.45) is 4.99 Å². The molecule has 2 aliphatic rings. The van der Waals surface area contributed by atoms with Gasteiger partial charge in [-0.25, -0.2) is 4.99 Å². The maximum Gasteiger partial charge on any atom is 0.397 e. The van der Waals surface area contributed by atoms with Crippen molar-refractivity contribution < 1.29 is 17.2 Å².